The molecular formula is C14H7Cl2F3O2. The van der Waals surface area contributed by atoms with Crippen LogP contribution in [0, 0.1) is 0 Å². The van der Waals surface area contributed by atoms with Gasteiger partial charge in [-0.25, -0.2) is 0 Å². The number of alkyl halides is 3. The van der Waals surface area contributed by atoms with Crippen LogP contribution in [0.15, 0.2) is 36.4 Å². The molecule has 0 unspecified atom stereocenters. The summed E-state index contributed by atoms with van der Waals surface area (Å²) in [5.41, 5.74) is -1.53. The van der Waals surface area contributed by atoms with Crippen LogP contribution >= 0.6 is 23.2 Å². The summed E-state index contributed by atoms with van der Waals surface area (Å²) in [6.45, 7) is 0. The summed E-state index contributed by atoms with van der Waals surface area (Å²) in [5, 5.41) is 0.580. The molecule has 0 heterocycles. The van der Waals surface area contributed by atoms with Crippen LogP contribution in [0.4, 0.5) is 13.2 Å². The van der Waals surface area contributed by atoms with Crippen molar-refractivity contribution >= 4 is 29.5 Å². The number of halogens is 5. The molecule has 2 rings (SSSR count). The lowest BCUT2D eigenvalue weighted by molar-refractivity contribution is -0.137. The minimum atomic E-state index is -4.65. The number of benzene rings is 2. The van der Waals surface area contributed by atoms with Crippen molar-refractivity contribution in [2.45, 2.75) is 6.18 Å². The van der Waals surface area contributed by atoms with Crippen molar-refractivity contribution in [1.29, 1.82) is 0 Å². The van der Waals surface area contributed by atoms with Gasteiger partial charge in [-0.15, -0.1) is 0 Å². The molecule has 2 nitrogen and oxygen atoms in total. The molecule has 0 saturated carbocycles. The van der Waals surface area contributed by atoms with E-state index in [4.69, 9.17) is 27.9 Å². The molecule has 0 aliphatic heterocycles. The monoisotopic (exact) mass is 334 g/mol. The molecule has 2 aromatic carbocycles. The highest BCUT2D eigenvalue weighted by Gasteiger charge is 2.33. The van der Waals surface area contributed by atoms with Gasteiger partial charge in [-0.1, -0.05) is 23.2 Å². The largest absolute Gasteiger partial charge is 0.457 e. The molecule has 2 aromatic rings. The minimum Gasteiger partial charge on any atom is -0.457 e. The van der Waals surface area contributed by atoms with Crippen LogP contribution in [-0.4, -0.2) is 6.29 Å². The van der Waals surface area contributed by atoms with Crippen molar-refractivity contribution in [3.63, 3.8) is 0 Å². The summed E-state index contributed by atoms with van der Waals surface area (Å²) >= 11 is 11.6. The zero-order chi connectivity index (χ0) is 15.6. The highest BCUT2D eigenvalue weighted by Crippen LogP contribution is 2.35. The van der Waals surface area contributed by atoms with E-state index in [1.165, 1.54) is 24.3 Å². The molecule has 21 heavy (non-hydrogen) atoms. The van der Waals surface area contributed by atoms with Crippen molar-refractivity contribution < 1.29 is 22.7 Å². The standard InChI is InChI=1S/C14H7Cl2F3O2/c15-9-3-10(16)5-12(4-9)21-11-2-1-8(7-20)13(6-11)14(17,18)19/h1-7H. The second kappa shape index (κ2) is 5.95. The van der Waals surface area contributed by atoms with Gasteiger partial charge in [0.25, 0.3) is 0 Å². The number of hydrogen-bond acceptors (Lipinski definition) is 2. The smallest absolute Gasteiger partial charge is 0.417 e. The summed E-state index contributed by atoms with van der Waals surface area (Å²) in [6, 6.07) is 7.33. The predicted molar refractivity (Wildman–Crippen MR) is 73.4 cm³/mol. The Balaban J connectivity index is 2.39. The third-order valence-electron chi connectivity index (χ3n) is 2.53. The molecule has 0 amide bonds. The Labute approximate surface area is 128 Å². The SMILES string of the molecule is O=Cc1ccc(Oc2cc(Cl)cc(Cl)c2)cc1C(F)(F)F. The summed E-state index contributed by atoms with van der Waals surface area (Å²) in [4.78, 5) is 10.7. The second-order valence-electron chi connectivity index (χ2n) is 4.07. The topological polar surface area (TPSA) is 26.3 Å². The van der Waals surface area contributed by atoms with Gasteiger partial charge in [-0.3, -0.25) is 4.79 Å². The molecule has 0 radical (unpaired) electrons. The highest BCUT2D eigenvalue weighted by atomic mass is 35.5. The van der Waals surface area contributed by atoms with Crippen LogP contribution < -0.4 is 4.74 Å². The Morgan fingerprint density at radius 3 is 2.10 bits per heavy atom. The van der Waals surface area contributed by atoms with Crippen LogP contribution in [-0.2, 0) is 6.18 Å². The highest BCUT2D eigenvalue weighted by molar-refractivity contribution is 6.34. The average Bonchev–Trinajstić information content (AvgIpc) is 2.36. The third-order valence-corrected chi connectivity index (χ3v) is 2.97. The van der Waals surface area contributed by atoms with Crippen LogP contribution in [0.25, 0.3) is 0 Å². The van der Waals surface area contributed by atoms with Gasteiger partial charge < -0.3 is 4.74 Å². The van der Waals surface area contributed by atoms with Crippen LogP contribution in [0.5, 0.6) is 11.5 Å². The summed E-state index contributed by atoms with van der Waals surface area (Å²) in [6.07, 6.45) is -4.51. The van der Waals surface area contributed by atoms with E-state index in [0.29, 0.717) is 0 Å². The fraction of sp³-hybridized carbons (Fsp3) is 0.0714. The van der Waals surface area contributed by atoms with Crippen molar-refractivity contribution in [3.05, 3.63) is 57.6 Å². The van der Waals surface area contributed by atoms with E-state index < -0.39 is 17.3 Å². The van der Waals surface area contributed by atoms with Gasteiger partial charge >= 0.3 is 6.18 Å². The Hall–Kier alpha value is -1.72. The first-order valence-electron chi connectivity index (χ1n) is 5.60. The fourth-order valence-corrected chi connectivity index (χ4v) is 2.18. The van der Waals surface area contributed by atoms with Gasteiger partial charge in [-0.2, -0.15) is 13.2 Å². The predicted octanol–water partition coefficient (Wildman–Crippen LogP) is 5.62. The van der Waals surface area contributed by atoms with E-state index >= 15 is 0 Å². The number of ether oxygens (including phenoxy) is 1. The molecule has 0 N–H and O–H groups in total. The number of carbonyl (C=O) groups is 1. The van der Waals surface area contributed by atoms with Crippen molar-refractivity contribution in [3.8, 4) is 11.5 Å². The van der Waals surface area contributed by atoms with E-state index in [-0.39, 0.29) is 27.8 Å². The number of aldehydes is 1. The number of rotatable bonds is 3. The molecule has 0 saturated heterocycles. The Kier molecular flexibility index (Phi) is 4.44. The first-order valence-corrected chi connectivity index (χ1v) is 6.35. The zero-order valence-electron chi connectivity index (χ0n) is 10.2. The summed E-state index contributed by atoms with van der Waals surface area (Å²) < 4.78 is 43.8. The van der Waals surface area contributed by atoms with Gasteiger partial charge in [0.1, 0.15) is 11.5 Å². The number of carbonyl (C=O) groups excluding carboxylic acids is 1. The van der Waals surface area contributed by atoms with Crippen LogP contribution in [0.3, 0.4) is 0 Å². The average molecular weight is 335 g/mol. The van der Waals surface area contributed by atoms with Crippen LogP contribution in [0.2, 0.25) is 10.0 Å². The maximum Gasteiger partial charge on any atom is 0.417 e. The van der Waals surface area contributed by atoms with Crippen LogP contribution in [0.1, 0.15) is 15.9 Å². The Bertz CT molecular complexity index is 664. The lowest BCUT2D eigenvalue weighted by Gasteiger charge is -2.12. The fourth-order valence-electron chi connectivity index (χ4n) is 1.67. The minimum absolute atomic E-state index is 0.0775. The third kappa shape index (κ3) is 3.89. The normalized spacial score (nSPS) is 11.3. The van der Waals surface area contributed by atoms with Gasteiger partial charge in [0.2, 0.25) is 0 Å². The van der Waals surface area contributed by atoms with E-state index in [0.717, 1.165) is 12.1 Å². The molecular weight excluding hydrogens is 328 g/mol. The summed E-state index contributed by atoms with van der Waals surface area (Å²) in [7, 11) is 0. The zero-order valence-corrected chi connectivity index (χ0v) is 11.8. The second-order valence-corrected chi connectivity index (χ2v) is 4.94. The lowest BCUT2D eigenvalue weighted by Crippen LogP contribution is -2.09. The summed E-state index contributed by atoms with van der Waals surface area (Å²) in [5.74, 6) is 0.116. The molecule has 0 aliphatic rings. The molecule has 0 spiro atoms. The van der Waals surface area contributed by atoms with Gasteiger partial charge in [0.05, 0.1) is 5.56 Å². The van der Waals surface area contributed by atoms with Crippen molar-refractivity contribution in [1.82, 2.24) is 0 Å². The first-order chi connectivity index (χ1) is 9.79. The molecule has 7 heteroatoms. The molecule has 0 aromatic heterocycles. The molecule has 0 bridgehead atoms. The maximum atomic E-state index is 12.8. The van der Waals surface area contributed by atoms with Gasteiger partial charge in [-0.05, 0) is 36.4 Å². The number of hydrogen-bond donors (Lipinski definition) is 0. The van der Waals surface area contributed by atoms with Crippen molar-refractivity contribution in [2.75, 3.05) is 0 Å². The molecule has 0 atom stereocenters. The Morgan fingerprint density at radius 1 is 0.952 bits per heavy atom. The van der Waals surface area contributed by atoms with E-state index in [2.05, 4.69) is 0 Å². The van der Waals surface area contributed by atoms with E-state index in [9.17, 15) is 18.0 Å². The lowest BCUT2D eigenvalue weighted by atomic mass is 10.1. The maximum absolute atomic E-state index is 12.8. The Morgan fingerprint density at radius 2 is 1.57 bits per heavy atom. The first kappa shape index (κ1) is 15.7. The molecule has 0 fully saturated rings. The van der Waals surface area contributed by atoms with E-state index in [1.54, 1.807) is 0 Å². The quantitative estimate of drug-likeness (QED) is 0.681. The van der Waals surface area contributed by atoms with E-state index in [1.807, 2.05) is 0 Å². The van der Waals surface area contributed by atoms with Crippen molar-refractivity contribution in [2.24, 2.45) is 0 Å². The van der Waals surface area contributed by atoms with Gasteiger partial charge in [0.15, 0.2) is 6.29 Å². The molecule has 110 valence electrons. The van der Waals surface area contributed by atoms with Gasteiger partial charge in [0, 0.05) is 15.6 Å². The molecule has 0 aliphatic carbocycles.